The van der Waals surface area contributed by atoms with E-state index in [2.05, 4.69) is 9.46 Å². The summed E-state index contributed by atoms with van der Waals surface area (Å²) in [5.41, 5.74) is 1.90. The number of sulfonamides is 1. The average molecular weight is 351 g/mol. The smallest absolute Gasteiger partial charge is 0.337 e. The highest BCUT2D eigenvalue weighted by Crippen LogP contribution is 2.26. The van der Waals surface area contributed by atoms with E-state index in [0.29, 0.717) is 12.1 Å². The number of halogens is 1. The zero-order chi connectivity index (χ0) is 17.9. The summed E-state index contributed by atoms with van der Waals surface area (Å²) >= 11 is 0. The molecular weight excluding hydrogens is 333 g/mol. The summed E-state index contributed by atoms with van der Waals surface area (Å²) in [5, 5.41) is 0. The molecule has 0 bridgehead atoms. The zero-order valence-corrected chi connectivity index (χ0v) is 14.4. The van der Waals surface area contributed by atoms with E-state index in [9.17, 15) is 17.6 Å². The Hall–Kier alpha value is -2.41. The highest BCUT2D eigenvalue weighted by atomic mass is 32.2. The molecule has 0 fully saturated rings. The lowest BCUT2D eigenvalue weighted by Gasteiger charge is -2.15. The summed E-state index contributed by atoms with van der Waals surface area (Å²) in [6.45, 7) is 3.66. The van der Waals surface area contributed by atoms with Crippen molar-refractivity contribution in [3.63, 3.8) is 0 Å². The first-order valence-corrected chi connectivity index (χ1v) is 8.77. The van der Waals surface area contributed by atoms with Gasteiger partial charge in [0.15, 0.2) is 0 Å². The number of anilines is 1. The van der Waals surface area contributed by atoms with Crippen LogP contribution in [-0.2, 0) is 21.2 Å². The van der Waals surface area contributed by atoms with Crippen molar-refractivity contribution in [3.8, 4) is 0 Å². The normalized spacial score (nSPS) is 11.2. The number of benzene rings is 2. The van der Waals surface area contributed by atoms with E-state index in [1.165, 1.54) is 13.2 Å². The van der Waals surface area contributed by atoms with Crippen LogP contribution in [0.1, 0.15) is 28.4 Å². The number of carbonyl (C=O) groups is 1. The van der Waals surface area contributed by atoms with Crippen molar-refractivity contribution < 1.29 is 22.3 Å². The third-order valence-electron chi connectivity index (χ3n) is 3.62. The molecular formula is C17H18FNO4S. The summed E-state index contributed by atoms with van der Waals surface area (Å²) in [7, 11) is -3.03. The van der Waals surface area contributed by atoms with Crippen LogP contribution in [0.3, 0.4) is 0 Å². The van der Waals surface area contributed by atoms with Crippen LogP contribution in [0.4, 0.5) is 10.1 Å². The van der Waals surface area contributed by atoms with Gasteiger partial charge in [-0.2, -0.15) is 0 Å². The lowest BCUT2D eigenvalue weighted by atomic mass is 10.1. The molecule has 0 radical (unpaired) electrons. The predicted octanol–water partition coefficient (Wildman–Crippen LogP) is 3.28. The van der Waals surface area contributed by atoms with Crippen molar-refractivity contribution in [2.45, 2.75) is 25.2 Å². The van der Waals surface area contributed by atoms with Crippen LogP contribution in [0, 0.1) is 12.7 Å². The van der Waals surface area contributed by atoms with Gasteiger partial charge in [0.25, 0.3) is 10.0 Å². The number of hydrogen-bond donors (Lipinski definition) is 1. The second-order valence-corrected chi connectivity index (χ2v) is 6.86. The topological polar surface area (TPSA) is 72.5 Å². The monoisotopic (exact) mass is 351 g/mol. The highest BCUT2D eigenvalue weighted by Gasteiger charge is 2.23. The zero-order valence-electron chi connectivity index (χ0n) is 13.6. The largest absolute Gasteiger partial charge is 0.465 e. The summed E-state index contributed by atoms with van der Waals surface area (Å²) in [6.07, 6.45) is 0.615. The van der Waals surface area contributed by atoms with Crippen LogP contribution in [0.2, 0.25) is 0 Å². The van der Waals surface area contributed by atoms with Gasteiger partial charge in [0.2, 0.25) is 0 Å². The molecule has 5 nitrogen and oxygen atoms in total. The van der Waals surface area contributed by atoms with Gasteiger partial charge in [0.1, 0.15) is 10.7 Å². The van der Waals surface area contributed by atoms with Gasteiger partial charge in [-0.15, -0.1) is 0 Å². The SMILES string of the molecule is CCc1cccc(C)c1NS(=O)(=O)c1cc(C(=O)OC)ccc1F. The molecule has 0 saturated heterocycles. The predicted molar refractivity (Wildman–Crippen MR) is 89.1 cm³/mol. The number of hydrogen-bond acceptors (Lipinski definition) is 4. The summed E-state index contributed by atoms with van der Waals surface area (Å²) in [5.74, 6) is -1.68. The first kappa shape index (κ1) is 17.9. The fourth-order valence-electron chi connectivity index (χ4n) is 2.31. The van der Waals surface area contributed by atoms with Crippen molar-refractivity contribution in [2.75, 3.05) is 11.8 Å². The van der Waals surface area contributed by atoms with Crippen molar-refractivity contribution in [1.29, 1.82) is 0 Å². The molecule has 0 spiro atoms. The highest BCUT2D eigenvalue weighted by molar-refractivity contribution is 7.92. The second kappa shape index (κ2) is 7.00. The molecule has 0 atom stereocenters. The molecule has 128 valence electrons. The lowest BCUT2D eigenvalue weighted by Crippen LogP contribution is -2.17. The fraction of sp³-hybridized carbons (Fsp3) is 0.235. The van der Waals surface area contributed by atoms with Gasteiger partial charge >= 0.3 is 5.97 Å². The third kappa shape index (κ3) is 3.56. The maximum absolute atomic E-state index is 14.0. The summed E-state index contributed by atoms with van der Waals surface area (Å²) in [4.78, 5) is 11.0. The minimum atomic E-state index is -4.20. The molecule has 1 N–H and O–H groups in total. The molecule has 0 aliphatic heterocycles. The first-order valence-electron chi connectivity index (χ1n) is 7.29. The first-order chi connectivity index (χ1) is 11.3. The van der Waals surface area contributed by atoms with Crippen molar-refractivity contribution >= 4 is 21.7 Å². The number of esters is 1. The summed E-state index contributed by atoms with van der Waals surface area (Å²) < 4.78 is 46.2. The van der Waals surface area contributed by atoms with Crippen molar-refractivity contribution in [2.24, 2.45) is 0 Å². The van der Waals surface area contributed by atoms with Gasteiger partial charge in [0.05, 0.1) is 18.4 Å². The maximum Gasteiger partial charge on any atom is 0.337 e. The van der Waals surface area contributed by atoms with E-state index in [1.807, 2.05) is 13.0 Å². The molecule has 2 aromatic rings. The van der Waals surface area contributed by atoms with Crippen LogP contribution in [0.15, 0.2) is 41.3 Å². The second-order valence-electron chi connectivity index (χ2n) is 5.20. The van der Waals surface area contributed by atoms with E-state index in [0.717, 1.165) is 23.3 Å². The molecule has 0 aliphatic carbocycles. The molecule has 0 aliphatic rings. The number of para-hydroxylation sites is 1. The molecule has 0 unspecified atom stereocenters. The minimum Gasteiger partial charge on any atom is -0.465 e. The van der Waals surface area contributed by atoms with E-state index in [-0.39, 0.29) is 5.56 Å². The van der Waals surface area contributed by atoms with Crippen LogP contribution in [-0.4, -0.2) is 21.5 Å². The van der Waals surface area contributed by atoms with Crippen LogP contribution in [0.5, 0.6) is 0 Å². The Labute approximate surface area is 140 Å². The number of rotatable bonds is 5. The van der Waals surface area contributed by atoms with Gasteiger partial charge in [0, 0.05) is 0 Å². The quantitative estimate of drug-likeness (QED) is 0.839. The molecule has 0 aromatic heterocycles. The number of carbonyl (C=O) groups excluding carboxylic acids is 1. The van der Waals surface area contributed by atoms with Crippen LogP contribution >= 0.6 is 0 Å². The maximum atomic E-state index is 14.0. The van der Waals surface area contributed by atoms with Gasteiger partial charge in [-0.3, -0.25) is 4.72 Å². The van der Waals surface area contributed by atoms with Gasteiger partial charge in [-0.1, -0.05) is 25.1 Å². The molecule has 0 amide bonds. The van der Waals surface area contributed by atoms with Gasteiger partial charge in [-0.25, -0.2) is 17.6 Å². The minimum absolute atomic E-state index is 0.0419. The molecule has 0 saturated carbocycles. The number of nitrogens with one attached hydrogen (secondary N) is 1. The number of methoxy groups -OCH3 is 1. The summed E-state index contributed by atoms with van der Waals surface area (Å²) in [6, 6.07) is 8.45. The fourth-order valence-corrected chi connectivity index (χ4v) is 3.59. The Bertz CT molecular complexity index is 878. The van der Waals surface area contributed by atoms with E-state index in [4.69, 9.17) is 0 Å². The molecule has 7 heteroatoms. The lowest BCUT2D eigenvalue weighted by molar-refractivity contribution is 0.0600. The standard InChI is InChI=1S/C17H18FNO4S/c1-4-12-7-5-6-11(2)16(12)19-24(21,22)15-10-13(17(20)23-3)8-9-14(15)18/h5-10,19H,4H2,1-3H3. The van der Waals surface area contributed by atoms with E-state index < -0.39 is 26.7 Å². The molecule has 2 rings (SSSR count). The Morgan fingerprint density at radius 3 is 2.58 bits per heavy atom. The third-order valence-corrected chi connectivity index (χ3v) is 4.98. The Morgan fingerprint density at radius 2 is 1.96 bits per heavy atom. The van der Waals surface area contributed by atoms with Crippen molar-refractivity contribution in [3.05, 3.63) is 58.9 Å². The molecule has 24 heavy (non-hydrogen) atoms. The van der Waals surface area contributed by atoms with Crippen LogP contribution in [0.25, 0.3) is 0 Å². The van der Waals surface area contributed by atoms with Gasteiger partial charge in [-0.05, 0) is 42.7 Å². The Morgan fingerprint density at radius 1 is 1.25 bits per heavy atom. The van der Waals surface area contributed by atoms with Gasteiger partial charge < -0.3 is 4.74 Å². The molecule has 0 heterocycles. The number of ether oxygens (including phenoxy) is 1. The average Bonchev–Trinajstić information content (AvgIpc) is 2.56. The van der Waals surface area contributed by atoms with Crippen LogP contribution < -0.4 is 4.72 Å². The van der Waals surface area contributed by atoms with E-state index in [1.54, 1.807) is 19.1 Å². The van der Waals surface area contributed by atoms with E-state index >= 15 is 0 Å². The Kier molecular flexibility index (Phi) is 5.23. The Balaban J connectivity index is 2.51. The van der Waals surface area contributed by atoms with Crippen molar-refractivity contribution in [1.82, 2.24) is 0 Å². The molecule has 2 aromatic carbocycles. The number of aryl methyl sites for hydroxylation is 2.